The Hall–Kier alpha value is -4.14. The average molecular weight is 537 g/mol. The fourth-order valence-corrected chi connectivity index (χ4v) is 4.24. The molecule has 0 aliphatic heterocycles. The highest BCUT2D eigenvalue weighted by atomic mass is 16.4. The summed E-state index contributed by atoms with van der Waals surface area (Å²) in [6.07, 6.45) is -0.547. The summed E-state index contributed by atoms with van der Waals surface area (Å²) in [6.45, 7) is 4.12. The zero-order chi connectivity index (χ0) is 28.9. The summed E-state index contributed by atoms with van der Waals surface area (Å²) >= 11 is 0. The lowest BCUT2D eigenvalue weighted by Gasteiger charge is -2.23. The minimum atomic E-state index is -1.19. The van der Waals surface area contributed by atoms with Crippen molar-refractivity contribution in [1.29, 1.82) is 0 Å². The van der Waals surface area contributed by atoms with Crippen molar-refractivity contribution in [3.8, 4) is 0 Å². The third-order valence-electron chi connectivity index (χ3n) is 6.44. The van der Waals surface area contributed by atoms with Gasteiger partial charge in [-0.3, -0.25) is 28.8 Å². The van der Waals surface area contributed by atoms with Crippen LogP contribution in [0, 0.1) is 11.8 Å². The van der Waals surface area contributed by atoms with E-state index in [4.69, 9.17) is 5.11 Å². The number of carboxylic acids is 1. The van der Waals surface area contributed by atoms with Crippen LogP contribution in [0.5, 0.6) is 0 Å². The second-order valence-electron chi connectivity index (χ2n) is 9.84. The molecule has 0 aromatic heterocycles. The Morgan fingerprint density at radius 2 is 1.15 bits per heavy atom. The number of aliphatic carboxylic acids is 1. The van der Waals surface area contributed by atoms with E-state index in [1.807, 2.05) is 36.4 Å². The third-order valence-corrected chi connectivity index (χ3v) is 6.44. The highest BCUT2D eigenvalue weighted by Crippen LogP contribution is 2.16. The molecule has 0 unspecified atom stereocenters. The number of carbonyl (C=O) groups is 6. The van der Waals surface area contributed by atoms with Gasteiger partial charge in [0.1, 0.15) is 5.78 Å². The summed E-state index contributed by atoms with van der Waals surface area (Å²) in [7, 11) is 0. The Morgan fingerprint density at radius 1 is 0.692 bits per heavy atom. The van der Waals surface area contributed by atoms with Crippen molar-refractivity contribution in [2.75, 3.05) is 0 Å². The summed E-state index contributed by atoms with van der Waals surface area (Å²) in [4.78, 5) is 74.2. The molecule has 0 aliphatic carbocycles. The topological polar surface area (TPSA) is 147 Å². The molecule has 39 heavy (non-hydrogen) atoms. The molecule has 0 saturated carbocycles. The highest BCUT2D eigenvalue weighted by molar-refractivity contribution is 5.96. The number of ketones is 3. The van der Waals surface area contributed by atoms with Gasteiger partial charge in [-0.05, 0) is 30.9 Å². The lowest BCUT2D eigenvalue weighted by atomic mass is 9.90. The number of hydrogen-bond donors (Lipinski definition) is 3. The number of carboxylic acid groups (broad SMARTS) is 1. The van der Waals surface area contributed by atoms with Crippen molar-refractivity contribution in [2.45, 2.75) is 65.0 Å². The van der Waals surface area contributed by atoms with E-state index in [0.717, 1.165) is 11.1 Å². The maximum absolute atomic E-state index is 13.2. The van der Waals surface area contributed by atoms with Crippen LogP contribution in [0.15, 0.2) is 60.7 Å². The van der Waals surface area contributed by atoms with Crippen LogP contribution >= 0.6 is 0 Å². The number of Topliss-reactive ketones (excluding diaryl/α,β-unsaturated/α-hetero) is 3. The number of nitrogens with one attached hydrogen (secondary N) is 2. The van der Waals surface area contributed by atoms with E-state index in [0.29, 0.717) is 0 Å². The van der Waals surface area contributed by atoms with Gasteiger partial charge in [-0.25, -0.2) is 0 Å². The lowest BCUT2D eigenvalue weighted by molar-refractivity contribution is -0.141. The summed E-state index contributed by atoms with van der Waals surface area (Å²) < 4.78 is 0. The van der Waals surface area contributed by atoms with Gasteiger partial charge in [-0.2, -0.15) is 0 Å². The molecule has 2 aromatic carbocycles. The van der Waals surface area contributed by atoms with Crippen LogP contribution < -0.4 is 10.6 Å². The molecule has 0 radical (unpaired) electrons. The fraction of sp³-hybridized carbons (Fsp3) is 0.400. The lowest BCUT2D eigenvalue weighted by Crippen LogP contribution is -2.47. The van der Waals surface area contributed by atoms with E-state index in [2.05, 4.69) is 10.6 Å². The van der Waals surface area contributed by atoms with Gasteiger partial charge in [0.25, 0.3) is 0 Å². The first kappa shape index (κ1) is 31.1. The van der Waals surface area contributed by atoms with Crippen LogP contribution in [0.2, 0.25) is 0 Å². The number of carbonyl (C=O) groups excluding carboxylic acids is 5. The molecular formula is C30H36N2O7. The van der Waals surface area contributed by atoms with Crippen molar-refractivity contribution in [1.82, 2.24) is 10.6 Å². The zero-order valence-corrected chi connectivity index (χ0v) is 22.5. The Balaban J connectivity index is 2.14. The molecule has 0 bridgehead atoms. The first-order valence-electron chi connectivity index (χ1n) is 12.9. The van der Waals surface area contributed by atoms with Crippen LogP contribution in [-0.2, 0) is 41.6 Å². The number of amides is 2. The zero-order valence-electron chi connectivity index (χ0n) is 22.5. The van der Waals surface area contributed by atoms with Gasteiger partial charge in [-0.1, -0.05) is 67.6 Å². The van der Waals surface area contributed by atoms with Gasteiger partial charge in [0.15, 0.2) is 11.6 Å². The van der Waals surface area contributed by atoms with Gasteiger partial charge in [-0.15, -0.1) is 0 Å². The Kier molecular flexibility index (Phi) is 12.2. The van der Waals surface area contributed by atoms with Crippen LogP contribution in [-0.4, -0.2) is 52.3 Å². The molecule has 208 valence electrons. The van der Waals surface area contributed by atoms with E-state index in [1.54, 1.807) is 31.2 Å². The molecule has 3 N–H and O–H groups in total. The molecule has 0 spiro atoms. The predicted octanol–water partition coefficient (Wildman–Crippen LogP) is 2.70. The molecule has 2 rings (SSSR count). The Labute approximate surface area is 228 Å². The molecule has 0 fully saturated rings. The quantitative estimate of drug-likeness (QED) is 0.299. The molecule has 0 heterocycles. The maximum Gasteiger partial charge on any atom is 0.304 e. The summed E-state index contributed by atoms with van der Waals surface area (Å²) in [6, 6.07) is 16.3. The van der Waals surface area contributed by atoms with Crippen molar-refractivity contribution in [2.24, 2.45) is 11.8 Å². The van der Waals surface area contributed by atoms with Crippen LogP contribution in [0.1, 0.15) is 51.2 Å². The summed E-state index contributed by atoms with van der Waals surface area (Å²) in [5, 5.41) is 14.5. The normalized spacial score (nSPS) is 13.8. The third kappa shape index (κ3) is 11.0. The summed E-state index contributed by atoms with van der Waals surface area (Å²) in [5.41, 5.74) is 1.63. The smallest absolute Gasteiger partial charge is 0.304 e. The molecule has 0 aliphatic rings. The van der Waals surface area contributed by atoms with Crippen molar-refractivity contribution < 1.29 is 33.9 Å². The van der Waals surface area contributed by atoms with Gasteiger partial charge >= 0.3 is 5.97 Å². The summed E-state index contributed by atoms with van der Waals surface area (Å²) in [5.74, 6) is -5.10. The molecule has 9 nitrogen and oxygen atoms in total. The monoisotopic (exact) mass is 536 g/mol. The second kappa shape index (κ2) is 15.3. The van der Waals surface area contributed by atoms with Crippen LogP contribution in [0.4, 0.5) is 0 Å². The fourth-order valence-electron chi connectivity index (χ4n) is 4.24. The molecule has 2 aromatic rings. The SMILES string of the molecule is CC(=O)N[C@@H](Cc1ccccc1)C(=O)C[C@@H](C)C(=O)N[C@@H](Cc1ccccc1)C(=O)C[C@@H](CC(=O)O)C(C)=O. The number of rotatable bonds is 16. The van der Waals surface area contributed by atoms with Crippen LogP contribution in [0.3, 0.4) is 0 Å². The molecule has 4 atom stereocenters. The van der Waals surface area contributed by atoms with E-state index >= 15 is 0 Å². The van der Waals surface area contributed by atoms with E-state index in [-0.39, 0.29) is 37.4 Å². The second-order valence-corrected chi connectivity index (χ2v) is 9.84. The van der Waals surface area contributed by atoms with Crippen LogP contribution in [0.25, 0.3) is 0 Å². The van der Waals surface area contributed by atoms with Gasteiger partial charge < -0.3 is 15.7 Å². The Morgan fingerprint density at radius 3 is 1.59 bits per heavy atom. The minimum Gasteiger partial charge on any atom is -0.481 e. The largest absolute Gasteiger partial charge is 0.481 e. The number of hydrogen-bond acceptors (Lipinski definition) is 6. The first-order valence-corrected chi connectivity index (χ1v) is 12.9. The maximum atomic E-state index is 13.2. The van der Waals surface area contributed by atoms with E-state index in [1.165, 1.54) is 13.8 Å². The molecule has 2 amide bonds. The van der Waals surface area contributed by atoms with Crippen molar-refractivity contribution >= 4 is 35.1 Å². The van der Waals surface area contributed by atoms with Gasteiger partial charge in [0.05, 0.1) is 18.5 Å². The number of benzene rings is 2. The predicted molar refractivity (Wildman–Crippen MR) is 145 cm³/mol. The van der Waals surface area contributed by atoms with Gasteiger partial charge in [0.2, 0.25) is 11.8 Å². The van der Waals surface area contributed by atoms with Crippen molar-refractivity contribution in [3.63, 3.8) is 0 Å². The molecular weight excluding hydrogens is 500 g/mol. The van der Waals surface area contributed by atoms with E-state index < -0.39 is 53.8 Å². The Bertz CT molecular complexity index is 1160. The van der Waals surface area contributed by atoms with E-state index in [9.17, 15) is 28.8 Å². The minimum absolute atomic E-state index is 0.145. The standard InChI is InChI=1S/C30H36N2O7/c1-19(14-27(35)25(31-21(3)34)15-22-10-6-4-7-11-22)30(39)32-26(16-23-12-8-5-9-13-23)28(36)17-24(20(2)33)18-29(37)38/h4-13,19,24-26H,14-18H2,1-3H3,(H,31,34)(H,32,39)(H,37,38)/t19-,24+,25+,26+/m1/s1. The van der Waals surface area contributed by atoms with Crippen molar-refractivity contribution in [3.05, 3.63) is 71.8 Å². The highest BCUT2D eigenvalue weighted by Gasteiger charge is 2.30. The average Bonchev–Trinajstić information content (AvgIpc) is 2.88. The van der Waals surface area contributed by atoms with Gasteiger partial charge in [0, 0.05) is 31.6 Å². The first-order chi connectivity index (χ1) is 18.5. The molecule has 9 heteroatoms. The molecule has 0 saturated heterocycles.